The van der Waals surface area contributed by atoms with E-state index in [0.29, 0.717) is 0 Å². The van der Waals surface area contributed by atoms with Gasteiger partial charge in [0.2, 0.25) is 0 Å². The van der Waals surface area contributed by atoms with E-state index >= 15 is 0 Å². The molecule has 4 heterocycles. The lowest BCUT2D eigenvalue weighted by Crippen LogP contribution is -2.11. The van der Waals surface area contributed by atoms with Crippen LogP contribution >= 0.6 is 0 Å². The summed E-state index contributed by atoms with van der Waals surface area (Å²) in [6.07, 6.45) is 0. The average molecular weight is 1040 g/mol. The molecule has 13 aromatic carbocycles. The molecule has 17 aromatic rings. The van der Waals surface area contributed by atoms with Crippen molar-refractivity contribution in [2.24, 2.45) is 0 Å². The fraction of sp³-hybridized carbons (Fsp3) is 0. The van der Waals surface area contributed by atoms with Crippen molar-refractivity contribution in [3.63, 3.8) is 0 Å². The minimum absolute atomic E-state index is 1.10. The molecule has 0 spiro atoms. The Kier molecular flexibility index (Phi) is 10.3. The molecule has 82 heavy (non-hydrogen) atoms. The van der Waals surface area contributed by atoms with Crippen LogP contribution in [0.5, 0.6) is 0 Å². The van der Waals surface area contributed by atoms with Crippen molar-refractivity contribution in [2.45, 2.75) is 0 Å². The Morgan fingerprint density at radius 3 is 0.939 bits per heavy atom. The van der Waals surface area contributed by atoms with E-state index < -0.39 is 0 Å². The van der Waals surface area contributed by atoms with Crippen LogP contribution < -0.4 is 9.80 Å². The molecule has 4 heteroatoms. The van der Waals surface area contributed by atoms with Crippen LogP contribution in [0.3, 0.4) is 0 Å². The number of benzene rings is 13. The van der Waals surface area contributed by atoms with Crippen LogP contribution in [0.1, 0.15) is 0 Å². The SMILES string of the molecule is c1ccc(-c2ccccc2N(c2ccccc2)c2ccc3c(c2)c2cccc4c5c(-c6ccccc6)c6c(c(-c7ccccc7)c5n3c24)c2cccc3c4cc(N(c5ccccc5)c5ccccc5-c5ccccc5)ccc4n6c32)cc1. The van der Waals surface area contributed by atoms with Gasteiger partial charge < -0.3 is 18.6 Å². The summed E-state index contributed by atoms with van der Waals surface area (Å²) >= 11 is 0. The Balaban J connectivity index is 0.971. The summed E-state index contributed by atoms with van der Waals surface area (Å²) in [5.41, 5.74) is 23.5. The van der Waals surface area contributed by atoms with Crippen molar-refractivity contribution in [1.82, 2.24) is 8.80 Å². The Labute approximate surface area is 474 Å². The molecule has 4 nitrogen and oxygen atoms in total. The number of hydrogen-bond acceptors (Lipinski definition) is 2. The molecule has 382 valence electrons. The van der Waals surface area contributed by atoms with Crippen LogP contribution in [0.15, 0.2) is 303 Å². The van der Waals surface area contributed by atoms with Gasteiger partial charge in [-0.25, -0.2) is 0 Å². The van der Waals surface area contributed by atoms with Crippen molar-refractivity contribution in [1.29, 1.82) is 0 Å². The monoisotopic (exact) mass is 1040 g/mol. The van der Waals surface area contributed by atoms with Gasteiger partial charge in [-0.1, -0.05) is 231 Å². The highest BCUT2D eigenvalue weighted by atomic mass is 15.2. The van der Waals surface area contributed by atoms with Gasteiger partial charge in [0.25, 0.3) is 0 Å². The van der Waals surface area contributed by atoms with E-state index in [2.05, 4.69) is 322 Å². The zero-order valence-corrected chi connectivity index (χ0v) is 44.7. The molecule has 4 aromatic heterocycles. The average Bonchev–Trinajstić information content (AvgIpc) is 1.66. The first-order valence-electron chi connectivity index (χ1n) is 28.3. The lowest BCUT2D eigenvalue weighted by molar-refractivity contribution is 1.28. The molecule has 0 unspecified atom stereocenters. The second-order valence-electron chi connectivity index (χ2n) is 21.5. The topological polar surface area (TPSA) is 15.3 Å². The van der Waals surface area contributed by atoms with E-state index in [0.717, 1.165) is 34.1 Å². The predicted molar refractivity (Wildman–Crippen MR) is 347 cm³/mol. The van der Waals surface area contributed by atoms with Crippen LogP contribution in [-0.4, -0.2) is 8.80 Å². The van der Waals surface area contributed by atoms with Gasteiger partial charge in [0, 0.05) is 88.1 Å². The summed E-state index contributed by atoms with van der Waals surface area (Å²) < 4.78 is 5.23. The molecule has 0 aliphatic rings. The number of fused-ring (bicyclic) bond motifs is 12. The Hall–Kier alpha value is -10.9. The summed E-state index contributed by atoms with van der Waals surface area (Å²) in [6.45, 7) is 0. The molecule has 0 N–H and O–H groups in total. The van der Waals surface area contributed by atoms with Crippen molar-refractivity contribution < 1.29 is 0 Å². The molecule has 0 aliphatic carbocycles. The van der Waals surface area contributed by atoms with Crippen LogP contribution in [0.4, 0.5) is 34.1 Å². The van der Waals surface area contributed by atoms with Gasteiger partial charge in [0.1, 0.15) is 0 Å². The van der Waals surface area contributed by atoms with Crippen LogP contribution in [0.25, 0.3) is 121 Å². The number of aromatic nitrogens is 2. The third-order valence-electron chi connectivity index (χ3n) is 17.1. The quantitative estimate of drug-likeness (QED) is 0.136. The third-order valence-corrected chi connectivity index (χ3v) is 17.1. The van der Waals surface area contributed by atoms with Gasteiger partial charge >= 0.3 is 0 Å². The molecule has 0 amide bonds. The summed E-state index contributed by atoms with van der Waals surface area (Å²) in [5.74, 6) is 0. The second-order valence-corrected chi connectivity index (χ2v) is 21.5. The minimum Gasteiger partial charge on any atom is -0.310 e. The maximum Gasteiger partial charge on any atom is 0.0634 e. The largest absolute Gasteiger partial charge is 0.310 e. The molecule has 0 fully saturated rings. The Bertz CT molecular complexity index is 4910. The normalized spacial score (nSPS) is 11.9. The lowest BCUT2D eigenvalue weighted by atomic mass is 9.89. The zero-order chi connectivity index (χ0) is 53.8. The molecule has 0 saturated heterocycles. The first-order valence-corrected chi connectivity index (χ1v) is 28.3. The standard InChI is InChI=1S/C78H50N4/c1-7-25-51(26-8-1)59-37-19-21-43-67(59)79(55-33-15-5-16-34-55)57-45-47-69-65(49-57)61-39-23-41-63-73-72(54-31-13-4-14-32-54)78-74(71(53-29-11-3-12-30-53)77(73)81(69)75(61)63)64-42-24-40-62-66-50-58(46-48-70(66)82(78)76(62)64)80(56-35-17-6-18-36-56)68-44-22-20-38-60(68)52-27-9-2-10-28-52/h1-50H. The van der Waals surface area contributed by atoms with Crippen molar-refractivity contribution in [2.75, 3.05) is 9.80 Å². The van der Waals surface area contributed by atoms with E-state index in [1.165, 1.54) is 121 Å². The molecule has 0 radical (unpaired) electrons. The zero-order valence-electron chi connectivity index (χ0n) is 44.7. The number of nitrogens with zero attached hydrogens (tertiary/aromatic N) is 4. The molecule has 0 atom stereocenters. The second kappa shape index (κ2) is 18.3. The maximum atomic E-state index is 2.61. The van der Waals surface area contributed by atoms with E-state index in [-0.39, 0.29) is 0 Å². The molecular weight excluding hydrogens is 993 g/mol. The van der Waals surface area contributed by atoms with Gasteiger partial charge in [-0.15, -0.1) is 0 Å². The molecule has 0 aliphatic heterocycles. The Morgan fingerprint density at radius 1 is 0.220 bits per heavy atom. The van der Waals surface area contributed by atoms with E-state index in [4.69, 9.17) is 0 Å². The number of hydrogen-bond donors (Lipinski definition) is 0. The van der Waals surface area contributed by atoms with E-state index in [9.17, 15) is 0 Å². The van der Waals surface area contributed by atoms with Gasteiger partial charge in [0.15, 0.2) is 0 Å². The predicted octanol–water partition coefficient (Wildman–Crippen LogP) is 21.6. The molecule has 17 rings (SSSR count). The van der Waals surface area contributed by atoms with Gasteiger partial charge in [-0.05, 0) is 95.1 Å². The third kappa shape index (κ3) is 6.79. The lowest BCUT2D eigenvalue weighted by Gasteiger charge is -2.28. The van der Waals surface area contributed by atoms with Crippen LogP contribution in [-0.2, 0) is 0 Å². The van der Waals surface area contributed by atoms with E-state index in [1.807, 2.05) is 0 Å². The number of para-hydroxylation sites is 6. The summed E-state index contributed by atoms with van der Waals surface area (Å²) in [5, 5.41) is 9.86. The fourth-order valence-electron chi connectivity index (χ4n) is 13.8. The molecular formula is C78H50N4. The first-order chi connectivity index (χ1) is 40.8. The summed E-state index contributed by atoms with van der Waals surface area (Å²) in [7, 11) is 0. The fourth-order valence-corrected chi connectivity index (χ4v) is 13.8. The van der Waals surface area contributed by atoms with Crippen molar-refractivity contribution >= 4 is 110 Å². The molecule has 0 saturated carbocycles. The van der Waals surface area contributed by atoms with Crippen molar-refractivity contribution in [3.8, 4) is 44.5 Å². The highest BCUT2D eigenvalue weighted by molar-refractivity contribution is 6.38. The summed E-state index contributed by atoms with van der Waals surface area (Å²) in [6, 6.07) is 111. The van der Waals surface area contributed by atoms with Crippen LogP contribution in [0.2, 0.25) is 0 Å². The first kappa shape index (κ1) is 46.0. The van der Waals surface area contributed by atoms with Gasteiger partial charge in [-0.2, -0.15) is 0 Å². The van der Waals surface area contributed by atoms with Crippen molar-refractivity contribution in [3.05, 3.63) is 303 Å². The number of rotatable bonds is 10. The van der Waals surface area contributed by atoms with Gasteiger partial charge in [-0.3, -0.25) is 0 Å². The highest BCUT2D eigenvalue weighted by Crippen LogP contribution is 2.55. The smallest absolute Gasteiger partial charge is 0.0634 e. The number of anilines is 6. The van der Waals surface area contributed by atoms with Gasteiger partial charge in [0.05, 0.1) is 44.5 Å². The molecule has 0 bridgehead atoms. The minimum atomic E-state index is 1.10. The highest BCUT2D eigenvalue weighted by Gasteiger charge is 2.31. The summed E-state index contributed by atoms with van der Waals surface area (Å²) in [4.78, 5) is 4.85. The van der Waals surface area contributed by atoms with E-state index in [1.54, 1.807) is 0 Å². The Morgan fingerprint density at radius 2 is 0.549 bits per heavy atom. The van der Waals surface area contributed by atoms with Crippen LogP contribution in [0, 0.1) is 0 Å². The maximum absolute atomic E-state index is 2.61.